The van der Waals surface area contributed by atoms with Crippen molar-refractivity contribution >= 4 is 39.8 Å². The van der Waals surface area contributed by atoms with Crippen LogP contribution in [0.4, 0.5) is 0 Å². The van der Waals surface area contributed by atoms with Gasteiger partial charge in [-0.05, 0) is 12.8 Å². The van der Waals surface area contributed by atoms with Crippen molar-refractivity contribution in [1.29, 1.82) is 0 Å². The molecule has 7 heteroatoms. The summed E-state index contributed by atoms with van der Waals surface area (Å²) in [6, 6.07) is 0. The van der Waals surface area contributed by atoms with Crippen LogP contribution in [0.1, 0.15) is 19.8 Å². The van der Waals surface area contributed by atoms with Gasteiger partial charge in [0.1, 0.15) is 9.84 Å². The Morgan fingerprint density at radius 3 is 2.53 bits per heavy atom. The van der Waals surface area contributed by atoms with Crippen LogP contribution in [0.2, 0.25) is 0 Å². The summed E-state index contributed by atoms with van der Waals surface area (Å²) in [6.07, 6.45) is 2.73. The number of rotatable bonds is 6. The second-order valence-electron chi connectivity index (χ2n) is 3.18. The number of nitrogens with two attached hydrogens (primary N) is 1. The quantitative estimate of drug-likeness (QED) is 0.314. The summed E-state index contributed by atoms with van der Waals surface area (Å²) in [5.74, 6) is 0.571. The average Bonchev–Trinajstić information content (AvgIpc) is 2.07. The monoisotopic (exact) mass is 349 g/mol. The van der Waals surface area contributed by atoms with E-state index in [1.165, 1.54) is 6.26 Å². The molecule has 0 fully saturated rings. The molecular formula is C8H20IN3O2S. The summed E-state index contributed by atoms with van der Waals surface area (Å²) < 4.78 is 21.5. The molecule has 0 aliphatic rings. The second kappa shape index (κ2) is 9.20. The largest absolute Gasteiger partial charge is 0.370 e. The van der Waals surface area contributed by atoms with Gasteiger partial charge in [0.2, 0.25) is 0 Å². The van der Waals surface area contributed by atoms with Crippen LogP contribution in [-0.2, 0) is 9.84 Å². The van der Waals surface area contributed by atoms with E-state index in [1.54, 1.807) is 0 Å². The first kappa shape index (κ1) is 17.3. The van der Waals surface area contributed by atoms with E-state index in [4.69, 9.17) is 5.73 Å². The van der Waals surface area contributed by atoms with Crippen LogP contribution in [0.15, 0.2) is 4.99 Å². The van der Waals surface area contributed by atoms with Gasteiger partial charge in [0.15, 0.2) is 5.96 Å². The number of sulfone groups is 1. The van der Waals surface area contributed by atoms with E-state index in [2.05, 4.69) is 10.3 Å². The minimum Gasteiger partial charge on any atom is -0.370 e. The van der Waals surface area contributed by atoms with Crippen molar-refractivity contribution < 1.29 is 8.42 Å². The first-order chi connectivity index (χ1) is 6.45. The lowest BCUT2D eigenvalue weighted by atomic mass is 10.5. The molecule has 3 N–H and O–H groups in total. The number of hydrogen-bond donors (Lipinski definition) is 2. The van der Waals surface area contributed by atoms with E-state index < -0.39 is 9.84 Å². The summed E-state index contributed by atoms with van der Waals surface area (Å²) in [7, 11) is -2.86. The number of aliphatic imine (C=N–C) groups is 1. The van der Waals surface area contributed by atoms with Crippen LogP contribution in [0.5, 0.6) is 0 Å². The molecule has 0 aliphatic heterocycles. The fourth-order valence-corrected chi connectivity index (χ4v) is 1.51. The fourth-order valence-electron chi connectivity index (χ4n) is 0.839. The SMILES string of the molecule is CCCN=C(N)NCCCS(C)(=O)=O.I. The molecule has 0 atom stereocenters. The number of guanidine groups is 1. The van der Waals surface area contributed by atoms with Crippen molar-refractivity contribution in [3.8, 4) is 0 Å². The molecule has 5 nitrogen and oxygen atoms in total. The van der Waals surface area contributed by atoms with Gasteiger partial charge in [-0.3, -0.25) is 4.99 Å². The molecule has 15 heavy (non-hydrogen) atoms. The van der Waals surface area contributed by atoms with Crippen LogP contribution >= 0.6 is 24.0 Å². The predicted octanol–water partition coefficient (Wildman–Crippen LogP) is 0.353. The maximum absolute atomic E-state index is 10.8. The summed E-state index contributed by atoms with van der Waals surface area (Å²) in [5.41, 5.74) is 5.50. The highest BCUT2D eigenvalue weighted by molar-refractivity contribution is 14.0. The molecule has 0 radical (unpaired) electrons. The van der Waals surface area contributed by atoms with E-state index in [0.717, 1.165) is 6.42 Å². The van der Waals surface area contributed by atoms with Crippen molar-refractivity contribution in [3.63, 3.8) is 0 Å². The molecule has 0 heterocycles. The normalized spacial score (nSPS) is 12.0. The summed E-state index contributed by atoms with van der Waals surface area (Å²) in [4.78, 5) is 4.01. The molecule has 0 amide bonds. The van der Waals surface area contributed by atoms with Crippen molar-refractivity contribution in [2.45, 2.75) is 19.8 Å². The highest BCUT2D eigenvalue weighted by Gasteiger charge is 2.00. The fraction of sp³-hybridized carbons (Fsp3) is 0.875. The van der Waals surface area contributed by atoms with Gasteiger partial charge in [-0.15, -0.1) is 24.0 Å². The Bertz CT molecular complexity index is 278. The predicted molar refractivity (Wildman–Crippen MR) is 74.5 cm³/mol. The molecule has 0 aliphatic carbocycles. The van der Waals surface area contributed by atoms with Gasteiger partial charge in [0.05, 0.1) is 5.75 Å². The molecule has 92 valence electrons. The Hall–Kier alpha value is -0.0500. The maximum atomic E-state index is 10.8. The van der Waals surface area contributed by atoms with Crippen molar-refractivity contribution in [1.82, 2.24) is 5.32 Å². The minimum absolute atomic E-state index is 0. The van der Waals surface area contributed by atoms with Crippen LogP contribution in [-0.4, -0.2) is 39.5 Å². The molecule has 0 aromatic heterocycles. The third-order valence-electron chi connectivity index (χ3n) is 1.50. The highest BCUT2D eigenvalue weighted by atomic mass is 127. The summed E-state index contributed by atoms with van der Waals surface area (Å²) >= 11 is 0. The van der Waals surface area contributed by atoms with E-state index in [9.17, 15) is 8.42 Å². The zero-order valence-electron chi connectivity index (χ0n) is 9.19. The first-order valence-corrected chi connectivity index (χ1v) is 6.73. The van der Waals surface area contributed by atoms with Crippen LogP contribution < -0.4 is 11.1 Å². The van der Waals surface area contributed by atoms with Gasteiger partial charge in [0.25, 0.3) is 0 Å². The van der Waals surface area contributed by atoms with Gasteiger partial charge in [-0.1, -0.05) is 6.92 Å². The minimum atomic E-state index is -2.86. The standard InChI is InChI=1S/C8H19N3O2S.HI/c1-3-5-10-8(9)11-6-4-7-14(2,12)13;/h3-7H2,1-2H3,(H3,9,10,11);1H. The number of nitrogens with zero attached hydrogens (tertiary/aromatic N) is 1. The number of hydrogen-bond acceptors (Lipinski definition) is 3. The lowest BCUT2D eigenvalue weighted by Gasteiger charge is -2.04. The topological polar surface area (TPSA) is 84.5 Å². The lowest BCUT2D eigenvalue weighted by molar-refractivity contribution is 0.598. The van der Waals surface area contributed by atoms with Gasteiger partial charge < -0.3 is 11.1 Å². The Morgan fingerprint density at radius 1 is 1.47 bits per heavy atom. The molecule has 0 spiro atoms. The van der Waals surface area contributed by atoms with E-state index >= 15 is 0 Å². The molecule has 0 rings (SSSR count). The van der Waals surface area contributed by atoms with Gasteiger partial charge >= 0.3 is 0 Å². The van der Waals surface area contributed by atoms with E-state index in [0.29, 0.717) is 25.5 Å². The smallest absolute Gasteiger partial charge is 0.188 e. The third kappa shape index (κ3) is 14.0. The van der Waals surface area contributed by atoms with Crippen molar-refractivity contribution in [2.75, 3.05) is 25.1 Å². The van der Waals surface area contributed by atoms with Crippen molar-refractivity contribution in [3.05, 3.63) is 0 Å². The first-order valence-electron chi connectivity index (χ1n) is 4.67. The Balaban J connectivity index is 0. The van der Waals surface area contributed by atoms with Crippen LogP contribution in [0, 0.1) is 0 Å². The Kier molecular flexibility index (Phi) is 10.6. The second-order valence-corrected chi connectivity index (χ2v) is 5.44. The molecule has 0 aromatic rings. The average molecular weight is 349 g/mol. The van der Waals surface area contributed by atoms with E-state index in [1.807, 2.05) is 6.92 Å². The zero-order chi connectivity index (χ0) is 11.0. The Morgan fingerprint density at radius 2 is 2.07 bits per heavy atom. The van der Waals surface area contributed by atoms with Gasteiger partial charge in [0, 0.05) is 19.3 Å². The number of nitrogens with one attached hydrogen (secondary N) is 1. The molecule has 0 saturated heterocycles. The zero-order valence-corrected chi connectivity index (χ0v) is 12.3. The summed E-state index contributed by atoms with van der Waals surface area (Å²) in [5, 5.41) is 2.85. The highest BCUT2D eigenvalue weighted by Crippen LogP contribution is 1.86. The number of halogens is 1. The molecule has 0 unspecified atom stereocenters. The summed E-state index contributed by atoms with van der Waals surface area (Å²) in [6.45, 7) is 3.26. The van der Waals surface area contributed by atoms with Gasteiger partial charge in [-0.2, -0.15) is 0 Å². The molecule has 0 bridgehead atoms. The van der Waals surface area contributed by atoms with Crippen LogP contribution in [0.3, 0.4) is 0 Å². The maximum Gasteiger partial charge on any atom is 0.188 e. The van der Waals surface area contributed by atoms with Gasteiger partial charge in [-0.25, -0.2) is 8.42 Å². The third-order valence-corrected chi connectivity index (χ3v) is 2.53. The molecular weight excluding hydrogens is 329 g/mol. The van der Waals surface area contributed by atoms with Crippen LogP contribution in [0.25, 0.3) is 0 Å². The molecule has 0 saturated carbocycles. The van der Waals surface area contributed by atoms with Crippen molar-refractivity contribution in [2.24, 2.45) is 10.7 Å². The Labute approximate surface area is 109 Å². The van der Waals surface area contributed by atoms with E-state index in [-0.39, 0.29) is 29.7 Å². The molecule has 0 aromatic carbocycles. The lowest BCUT2D eigenvalue weighted by Crippen LogP contribution is -2.33.